The molecule has 2 N–H and O–H groups in total. The van der Waals surface area contributed by atoms with Crippen LogP contribution < -0.4 is 10.9 Å². The van der Waals surface area contributed by atoms with Crippen molar-refractivity contribution in [3.05, 3.63) is 64.1 Å². The second-order valence-corrected chi connectivity index (χ2v) is 6.04. The lowest BCUT2D eigenvalue weighted by atomic mass is 10.0. The Hall–Kier alpha value is -2.47. The molecule has 0 fully saturated rings. The van der Waals surface area contributed by atoms with Crippen LogP contribution >= 0.6 is 0 Å². The minimum Gasteiger partial charge on any atom is -0.396 e. The van der Waals surface area contributed by atoms with Gasteiger partial charge in [0.15, 0.2) is 0 Å². The lowest BCUT2D eigenvalue weighted by molar-refractivity contribution is 0.0909. The molecule has 0 radical (unpaired) electrons. The zero-order chi connectivity index (χ0) is 17.5. The third-order valence-electron chi connectivity index (χ3n) is 3.84. The Morgan fingerprint density at radius 1 is 1.21 bits per heavy atom. The van der Waals surface area contributed by atoms with E-state index in [4.69, 9.17) is 5.11 Å². The molecule has 0 saturated carbocycles. The highest BCUT2D eigenvalue weighted by atomic mass is 16.3. The molecule has 128 valence electrons. The first-order valence-corrected chi connectivity index (χ1v) is 8.05. The Bertz CT molecular complexity index is 726. The number of carbonyl (C=O) groups is 1. The third-order valence-corrected chi connectivity index (χ3v) is 3.84. The van der Waals surface area contributed by atoms with Crippen LogP contribution in [-0.2, 0) is 6.54 Å². The minimum atomic E-state index is -0.344. The Morgan fingerprint density at radius 2 is 1.92 bits per heavy atom. The first kappa shape index (κ1) is 17.9. The fraction of sp³-hybridized carbons (Fsp3) is 0.389. The van der Waals surface area contributed by atoms with Crippen molar-refractivity contribution in [3.8, 4) is 0 Å². The topological polar surface area (TPSA) is 84.2 Å². The number of hydrogen-bond acceptors (Lipinski definition) is 4. The normalized spacial score (nSPS) is 12.2. The largest absolute Gasteiger partial charge is 0.396 e. The van der Waals surface area contributed by atoms with E-state index in [9.17, 15) is 9.59 Å². The lowest BCUT2D eigenvalue weighted by Gasteiger charge is -2.21. The molecule has 6 nitrogen and oxygen atoms in total. The summed E-state index contributed by atoms with van der Waals surface area (Å²) < 4.78 is 1.28. The summed E-state index contributed by atoms with van der Waals surface area (Å²) in [7, 11) is 0. The first-order chi connectivity index (χ1) is 11.5. The van der Waals surface area contributed by atoms with E-state index >= 15 is 0 Å². The summed E-state index contributed by atoms with van der Waals surface area (Å²) in [4.78, 5) is 24.3. The van der Waals surface area contributed by atoms with Crippen molar-refractivity contribution in [1.29, 1.82) is 0 Å². The summed E-state index contributed by atoms with van der Waals surface area (Å²) in [6.45, 7) is 4.27. The molecule has 0 aliphatic carbocycles. The summed E-state index contributed by atoms with van der Waals surface area (Å²) in [6.07, 6.45) is 0.479. The highest BCUT2D eigenvalue weighted by Crippen LogP contribution is 2.07. The highest BCUT2D eigenvalue weighted by Gasteiger charge is 2.18. The van der Waals surface area contributed by atoms with Gasteiger partial charge in [0.25, 0.3) is 11.5 Å². The molecule has 1 heterocycles. The van der Waals surface area contributed by atoms with E-state index in [2.05, 4.69) is 10.4 Å². The van der Waals surface area contributed by atoms with Crippen LogP contribution in [0.4, 0.5) is 0 Å². The monoisotopic (exact) mass is 329 g/mol. The molecule has 0 bridgehead atoms. The van der Waals surface area contributed by atoms with Gasteiger partial charge in [0.05, 0.1) is 6.54 Å². The van der Waals surface area contributed by atoms with Crippen LogP contribution in [0.5, 0.6) is 0 Å². The van der Waals surface area contributed by atoms with Crippen molar-refractivity contribution in [1.82, 2.24) is 15.1 Å². The van der Waals surface area contributed by atoms with Gasteiger partial charge in [-0.1, -0.05) is 44.2 Å². The Balaban J connectivity index is 2.17. The zero-order valence-corrected chi connectivity index (χ0v) is 14.0. The average molecular weight is 329 g/mol. The van der Waals surface area contributed by atoms with Gasteiger partial charge >= 0.3 is 0 Å². The van der Waals surface area contributed by atoms with E-state index in [0.29, 0.717) is 13.0 Å². The number of aliphatic hydroxyl groups excluding tert-OH is 1. The van der Waals surface area contributed by atoms with Gasteiger partial charge in [-0.25, -0.2) is 4.68 Å². The number of benzene rings is 1. The van der Waals surface area contributed by atoms with E-state index in [1.165, 1.54) is 16.8 Å². The maximum atomic E-state index is 12.4. The van der Waals surface area contributed by atoms with Crippen LogP contribution in [0.15, 0.2) is 47.3 Å². The van der Waals surface area contributed by atoms with Gasteiger partial charge in [-0.2, -0.15) is 5.10 Å². The first-order valence-electron chi connectivity index (χ1n) is 8.05. The molecule has 1 amide bonds. The van der Waals surface area contributed by atoms with Gasteiger partial charge in [-0.05, 0) is 24.0 Å². The number of aliphatic hydroxyl groups is 1. The maximum Gasteiger partial charge on any atom is 0.271 e. The van der Waals surface area contributed by atoms with Crippen molar-refractivity contribution in [3.63, 3.8) is 0 Å². The SMILES string of the molecule is CC(C)C(CCO)NC(=O)c1ccc(=O)n(Cc2ccccc2)n1. The van der Waals surface area contributed by atoms with E-state index in [1.807, 2.05) is 44.2 Å². The van der Waals surface area contributed by atoms with Crippen molar-refractivity contribution >= 4 is 5.91 Å². The average Bonchev–Trinajstić information content (AvgIpc) is 2.57. The summed E-state index contributed by atoms with van der Waals surface area (Å²) >= 11 is 0. The number of rotatable bonds is 7. The smallest absolute Gasteiger partial charge is 0.271 e. The maximum absolute atomic E-state index is 12.4. The zero-order valence-electron chi connectivity index (χ0n) is 14.0. The lowest BCUT2D eigenvalue weighted by Crippen LogP contribution is -2.40. The van der Waals surface area contributed by atoms with Crippen LogP contribution in [0.25, 0.3) is 0 Å². The predicted molar refractivity (Wildman–Crippen MR) is 91.8 cm³/mol. The number of nitrogens with zero attached hydrogens (tertiary/aromatic N) is 2. The summed E-state index contributed by atoms with van der Waals surface area (Å²) in [5.74, 6) is -0.153. The highest BCUT2D eigenvalue weighted by molar-refractivity contribution is 5.92. The number of amides is 1. The molecule has 1 aromatic carbocycles. The molecule has 1 aromatic heterocycles. The van der Waals surface area contributed by atoms with Gasteiger partial charge < -0.3 is 10.4 Å². The Labute approximate surface area is 141 Å². The fourth-order valence-electron chi connectivity index (χ4n) is 2.39. The van der Waals surface area contributed by atoms with Crippen molar-refractivity contribution in [2.45, 2.75) is 32.9 Å². The molecule has 2 rings (SSSR count). The summed E-state index contributed by atoms with van der Waals surface area (Å²) in [6, 6.07) is 12.1. The number of aromatic nitrogens is 2. The van der Waals surface area contributed by atoms with Crippen LogP contribution in [0.2, 0.25) is 0 Å². The molecular formula is C18H23N3O3. The van der Waals surface area contributed by atoms with Gasteiger partial charge in [0, 0.05) is 18.7 Å². The second-order valence-electron chi connectivity index (χ2n) is 6.04. The van der Waals surface area contributed by atoms with E-state index in [-0.39, 0.29) is 35.7 Å². The molecule has 1 atom stereocenters. The van der Waals surface area contributed by atoms with Gasteiger partial charge in [-0.15, -0.1) is 0 Å². The van der Waals surface area contributed by atoms with E-state index in [1.54, 1.807) is 0 Å². The van der Waals surface area contributed by atoms with E-state index < -0.39 is 0 Å². The summed E-state index contributed by atoms with van der Waals surface area (Å²) in [5.41, 5.74) is 0.866. The van der Waals surface area contributed by atoms with Crippen molar-refractivity contribution in [2.75, 3.05) is 6.61 Å². The molecule has 2 aromatic rings. The second kappa shape index (κ2) is 8.40. The van der Waals surface area contributed by atoms with Crippen molar-refractivity contribution in [2.24, 2.45) is 5.92 Å². The van der Waals surface area contributed by atoms with Gasteiger partial charge in [-0.3, -0.25) is 9.59 Å². The molecule has 1 unspecified atom stereocenters. The molecule has 0 saturated heterocycles. The fourth-order valence-corrected chi connectivity index (χ4v) is 2.39. The van der Waals surface area contributed by atoms with Crippen LogP contribution in [-0.4, -0.2) is 33.4 Å². The van der Waals surface area contributed by atoms with Crippen LogP contribution in [0, 0.1) is 5.92 Å². The predicted octanol–water partition coefficient (Wildman–Crippen LogP) is 1.43. The summed E-state index contributed by atoms with van der Waals surface area (Å²) in [5, 5.41) is 16.1. The van der Waals surface area contributed by atoms with Crippen molar-refractivity contribution < 1.29 is 9.90 Å². The minimum absolute atomic E-state index is 0.00403. The molecule has 24 heavy (non-hydrogen) atoms. The Morgan fingerprint density at radius 3 is 2.54 bits per heavy atom. The number of hydrogen-bond donors (Lipinski definition) is 2. The molecule has 6 heteroatoms. The third kappa shape index (κ3) is 4.76. The molecule has 0 spiro atoms. The Kier molecular flexibility index (Phi) is 6.26. The van der Waals surface area contributed by atoms with Crippen LogP contribution in [0.1, 0.15) is 36.3 Å². The quantitative estimate of drug-likeness (QED) is 0.805. The molecular weight excluding hydrogens is 306 g/mol. The number of nitrogens with one attached hydrogen (secondary N) is 1. The standard InChI is InChI=1S/C18H23N3O3/c1-13(2)15(10-11-22)19-18(24)16-8-9-17(23)21(20-16)12-14-6-4-3-5-7-14/h3-9,13,15,22H,10-12H2,1-2H3,(H,19,24). The molecule has 0 aliphatic rings. The number of carbonyl (C=O) groups excluding carboxylic acids is 1. The van der Waals surface area contributed by atoms with Gasteiger partial charge in [0.2, 0.25) is 0 Å². The van der Waals surface area contributed by atoms with E-state index in [0.717, 1.165) is 5.56 Å². The van der Waals surface area contributed by atoms with Crippen LogP contribution in [0.3, 0.4) is 0 Å². The van der Waals surface area contributed by atoms with Gasteiger partial charge in [0.1, 0.15) is 5.69 Å². The molecule has 0 aliphatic heterocycles.